The highest BCUT2D eigenvalue weighted by molar-refractivity contribution is 5.28. The van der Waals surface area contributed by atoms with E-state index in [4.69, 9.17) is 5.26 Å². The Morgan fingerprint density at radius 2 is 2.00 bits per heavy atom. The van der Waals surface area contributed by atoms with E-state index in [1.165, 1.54) is 19.3 Å². The second-order valence-corrected chi connectivity index (χ2v) is 7.06. The maximum Gasteiger partial charge on any atom is 0.113 e. The van der Waals surface area contributed by atoms with Crippen LogP contribution in [0.1, 0.15) is 46.5 Å². The number of hydrogen-bond donors (Lipinski definition) is 1. The van der Waals surface area contributed by atoms with Gasteiger partial charge in [0, 0.05) is 0 Å². The second kappa shape index (κ2) is 3.36. The van der Waals surface area contributed by atoms with E-state index in [-0.39, 0.29) is 6.10 Å². The predicted molar refractivity (Wildman–Crippen MR) is 67.5 cm³/mol. The van der Waals surface area contributed by atoms with Crippen molar-refractivity contribution in [1.82, 2.24) is 0 Å². The van der Waals surface area contributed by atoms with E-state index in [9.17, 15) is 0 Å². The molecular weight excluding hydrogens is 212 g/mol. The van der Waals surface area contributed by atoms with Gasteiger partial charge in [-0.15, -0.1) is 0 Å². The molecule has 0 aliphatic heterocycles. The van der Waals surface area contributed by atoms with Crippen LogP contribution < -0.4 is 0 Å². The summed E-state index contributed by atoms with van der Waals surface area (Å²) in [6, 6.07) is 0. The van der Waals surface area contributed by atoms with Crippen molar-refractivity contribution in [2.24, 2.45) is 28.6 Å². The summed E-state index contributed by atoms with van der Waals surface area (Å²) in [6.07, 6.45) is 4.81. The third-order valence-electron chi connectivity index (χ3n) is 6.73. The van der Waals surface area contributed by atoms with E-state index < -0.39 is 0 Å². The topological polar surface area (TPSA) is 29.5 Å². The van der Waals surface area contributed by atoms with Crippen molar-refractivity contribution in [2.75, 3.05) is 0 Å². The molecule has 4 fully saturated rings. The highest BCUT2D eigenvalue weighted by Gasteiger charge is 2.80. The zero-order valence-electron chi connectivity index (χ0n) is 11.2. The molecule has 4 saturated carbocycles. The number of hydrogen-bond acceptors (Lipinski definition) is 2. The van der Waals surface area contributed by atoms with Crippen LogP contribution >= 0.6 is 0 Å². The molecular formula is C15H24O2. The summed E-state index contributed by atoms with van der Waals surface area (Å²) in [7, 11) is 0. The average Bonchev–Trinajstić information content (AvgIpc) is 2.64. The lowest BCUT2D eigenvalue weighted by Crippen LogP contribution is -2.29. The second-order valence-electron chi connectivity index (χ2n) is 7.06. The lowest BCUT2D eigenvalue weighted by atomic mass is 9.70. The monoisotopic (exact) mass is 236 g/mol. The fraction of sp³-hybridized carbons (Fsp3) is 0.867. The molecule has 2 heteroatoms. The van der Waals surface area contributed by atoms with Crippen molar-refractivity contribution >= 4 is 0 Å². The molecule has 0 amide bonds. The van der Waals surface area contributed by atoms with Crippen molar-refractivity contribution in [3.8, 4) is 0 Å². The summed E-state index contributed by atoms with van der Waals surface area (Å²) in [4.78, 5) is 4.55. The Morgan fingerprint density at radius 3 is 2.35 bits per heavy atom. The lowest BCUT2D eigenvalue weighted by molar-refractivity contribution is -0.270. The molecule has 96 valence electrons. The van der Waals surface area contributed by atoms with E-state index in [2.05, 4.69) is 25.3 Å². The standard InChI is InChI=1S/C15H24O2/c1-9(2)13(17-16)5-6-14(3)10-7-11-12(8-10)15(11,14)4/h10-13,16H,1,5-8H2,2-4H3/t10?,11?,12?,13-,14?,15?/m1/s1. The molecule has 4 rings (SSSR count). The molecule has 0 spiro atoms. The Labute approximate surface area is 104 Å². The van der Waals surface area contributed by atoms with E-state index in [0.29, 0.717) is 10.8 Å². The molecule has 0 aromatic heterocycles. The summed E-state index contributed by atoms with van der Waals surface area (Å²) in [6.45, 7) is 10.8. The SMILES string of the molecule is C=C(C)[C@@H](CCC1(C)C2CC3C(C2)C31C)OO. The summed E-state index contributed by atoms with van der Waals surface area (Å²) < 4.78 is 0. The van der Waals surface area contributed by atoms with Crippen molar-refractivity contribution in [3.05, 3.63) is 12.2 Å². The van der Waals surface area contributed by atoms with Gasteiger partial charge in [-0.2, -0.15) is 0 Å². The Bertz CT molecular complexity index is 350. The van der Waals surface area contributed by atoms with Crippen molar-refractivity contribution < 1.29 is 10.1 Å². The van der Waals surface area contributed by atoms with E-state index in [1.807, 2.05) is 6.92 Å². The third-order valence-corrected chi connectivity index (χ3v) is 6.73. The van der Waals surface area contributed by atoms with Crippen LogP contribution in [0.15, 0.2) is 12.2 Å². The first-order chi connectivity index (χ1) is 7.95. The van der Waals surface area contributed by atoms with Gasteiger partial charge in [0.2, 0.25) is 0 Å². The van der Waals surface area contributed by atoms with Crippen molar-refractivity contribution in [3.63, 3.8) is 0 Å². The minimum atomic E-state index is -0.176. The fourth-order valence-corrected chi connectivity index (χ4v) is 5.33. The van der Waals surface area contributed by atoms with Gasteiger partial charge in [-0.1, -0.05) is 20.4 Å². The van der Waals surface area contributed by atoms with Gasteiger partial charge in [0.15, 0.2) is 0 Å². The molecule has 4 aliphatic carbocycles. The Kier molecular flexibility index (Phi) is 2.32. The molecule has 3 unspecified atom stereocenters. The van der Waals surface area contributed by atoms with Crippen LogP contribution in [0.25, 0.3) is 0 Å². The molecule has 4 aliphatic rings. The highest BCUT2D eigenvalue weighted by Crippen LogP contribution is 2.87. The molecule has 0 radical (unpaired) electrons. The first-order valence-electron chi connectivity index (χ1n) is 6.90. The van der Waals surface area contributed by atoms with Crippen LogP contribution in [-0.4, -0.2) is 11.4 Å². The van der Waals surface area contributed by atoms with Gasteiger partial charge in [-0.25, -0.2) is 4.89 Å². The Morgan fingerprint density at radius 1 is 1.41 bits per heavy atom. The van der Waals surface area contributed by atoms with Gasteiger partial charge in [0.05, 0.1) is 0 Å². The molecule has 4 atom stereocenters. The Balaban J connectivity index is 1.68. The molecule has 1 N–H and O–H groups in total. The summed E-state index contributed by atoms with van der Waals surface area (Å²) >= 11 is 0. The summed E-state index contributed by atoms with van der Waals surface area (Å²) in [5.41, 5.74) is 2.01. The van der Waals surface area contributed by atoms with Gasteiger partial charge in [-0.3, -0.25) is 5.26 Å². The van der Waals surface area contributed by atoms with Crippen molar-refractivity contribution in [1.29, 1.82) is 0 Å². The van der Waals surface area contributed by atoms with E-state index in [1.54, 1.807) is 0 Å². The molecule has 0 saturated heterocycles. The van der Waals surface area contributed by atoms with Crippen LogP contribution in [-0.2, 0) is 4.89 Å². The fourth-order valence-electron chi connectivity index (χ4n) is 5.33. The predicted octanol–water partition coefficient (Wildman–Crippen LogP) is 3.88. The van der Waals surface area contributed by atoms with Crippen LogP contribution in [0.2, 0.25) is 0 Å². The van der Waals surface area contributed by atoms with Gasteiger partial charge >= 0.3 is 0 Å². The maximum absolute atomic E-state index is 8.91. The van der Waals surface area contributed by atoms with E-state index >= 15 is 0 Å². The zero-order valence-corrected chi connectivity index (χ0v) is 11.2. The first-order valence-corrected chi connectivity index (χ1v) is 6.90. The molecule has 17 heavy (non-hydrogen) atoms. The highest BCUT2D eigenvalue weighted by atomic mass is 17.1. The smallest absolute Gasteiger partial charge is 0.113 e. The Hall–Kier alpha value is -0.340. The average molecular weight is 236 g/mol. The number of rotatable bonds is 5. The summed E-state index contributed by atoms with van der Waals surface area (Å²) in [5, 5.41) is 8.91. The quantitative estimate of drug-likeness (QED) is 0.446. The van der Waals surface area contributed by atoms with Crippen molar-refractivity contribution in [2.45, 2.75) is 52.6 Å². The molecule has 0 aromatic carbocycles. The van der Waals surface area contributed by atoms with Crippen LogP contribution in [0.5, 0.6) is 0 Å². The van der Waals surface area contributed by atoms with E-state index in [0.717, 1.165) is 29.7 Å². The first kappa shape index (κ1) is 11.7. The summed E-state index contributed by atoms with van der Waals surface area (Å²) in [5.74, 6) is 2.94. The van der Waals surface area contributed by atoms with Crippen LogP contribution in [0.4, 0.5) is 0 Å². The van der Waals surface area contributed by atoms with Gasteiger partial charge < -0.3 is 0 Å². The largest absolute Gasteiger partial charge is 0.251 e. The van der Waals surface area contributed by atoms with Crippen LogP contribution in [0.3, 0.4) is 0 Å². The minimum Gasteiger partial charge on any atom is -0.251 e. The van der Waals surface area contributed by atoms with Gasteiger partial charge in [0.25, 0.3) is 0 Å². The normalized spacial score (nSPS) is 51.6. The molecule has 0 heterocycles. The zero-order chi connectivity index (χ0) is 12.4. The molecule has 0 aromatic rings. The van der Waals surface area contributed by atoms with Gasteiger partial charge in [-0.05, 0) is 66.8 Å². The molecule has 2 nitrogen and oxygen atoms in total. The van der Waals surface area contributed by atoms with Crippen LogP contribution in [0, 0.1) is 28.6 Å². The minimum absolute atomic E-state index is 0.176. The lowest BCUT2D eigenvalue weighted by Gasteiger charge is -2.35. The molecule has 4 bridgehead atoms. The third kappa shape index (κ3) is 1.23. The van der Waals surface area contributed by atoms with Gasteiger partial charge in [0.1, 0.15) is 6.10 Å². The maximum atomic E-state index is 8.91.